The number of phenols is 1. The summed E-state index contributed by atoms with van der Waals surface area (Å²) in [5.41, 5.74) is -0.711. The minimum absolute atomic E-state index is 0.165. The molecule has 0 saturated carbocycles. The molecule has 0 aromatic heterocycles. The molecule has 9 heteroatoms. The number of nitrogens with one attached hydrogen (secondary N) is 1. The van der Waals surface area contributed by atoms with E-state index in [-0.39, 0.29) is 16.5 Å². The van der Waals surface area contributed by atoms with Gasteiger partial charge in [-0.05, 0) is 23.6 Å². The summed E-state index contributed by atoms with van der Waals surface area (Å²) in [5, 5.41) is 10.0. The highest BCUT2D eigenvalue weighted by Gasteiger charge is 2.37. The number of hydrogen-bond donors (Lipinski definition) is 2. The number of carbonyl (C=O) groups excluding carboxylic acids is 1. The molecule has 0 aliphatic carbocycles. The summed E-state index contributed by atoms with van der Waals surface area (Å²) in [6.45, 7) is -0.691. The average Bonchev–Trinajstić information content (AvgIpc) is 2.71. The molecule has 1 aliphatic rings. The Balaban J connectivity index is 2.19. The highest BCUT2D eigenvalue weighted by atomic mass is 32.2. The van der Waals surface area contributed by atoms with Crippen molar-refractivity contribution in [1.82, 2.24) is 4.72 Å². The van der Waals surface area contributed by atoms with E-state index in [4.69, 9.17) is 8.85 Å². The van der Waals surface area contributed by atoms with E-state index in [9.17, 15) is 22.7 Å². The van der Waals surface area contributed by atoms with Gasteiger partial charge < -0.3 is 9.84 Å². The monoisotopic (exact) mass is 329 g/mol. The van der Waals surface area contributed by atoms with E-state index < -0.39 is 47.0 Å². The van der Waals surface area contributed by atoms with Crippen molar-refractivity contribution >= 4 is 32.6 Å². The zero-order valence-electron chi connectivity index (χ0n) is 13.8. The molecule has 3 rings (SSSR count). The first-order chi connectivity index (χ1) is 11.5. The molecule has 1 amide bonds. The molecule has 2 aromatic rings. The molecule has 0 spiro atoms. The fourth-order valence-electron chi connectivity index (χ4n) is 2.25. The van der Waals surface area contributed by atoms with Gasteiger partial charge in [0.25, 0.3) is 5.91 Å². The molecule has 1 aliphatic heterocycles. The van der Waals surface area contributed by atoms with Crippen LogP contribution in [-0.2, 0) is 15.0 Å². The summed E-state index contributed by atoms with van der Waals surface area (Å²) in [7, 11) is -7.08. The SMILES string of the molecule is [2H]C([2H])([2H])Oc1ccc2cc(O)c(N3CC(=O)NS3(=O)=O)c(F)c2c1. The second-order valence-corrected chi connectivity index (χ2v) is 6.18. The number of amides is 1. The molecular formula is C13H11FN2O5S. The van der Waals surface area contributed by atoms with Crippen LogP contribution in [0.3, 0.4) is 0 Å². The van der Waals surface area contributed by atoms with Crippen LogP contribution in [0.25, 0.3) is 10.8 Å². The van der Waals surface area contributed by atoms with Gasteiger partial charge >= 0.3 is 10.2 Å². The topological polar surface area (TPSA) is 95.9 Å². The molecule has 0 atom stereocenters. The normalized spacial score (nSPS) is 19.4. The maximum atomic E-state index is 14.9. The number of benzene rings is 2. The highest BCUT2D eigenvalue weighted by molar-refractivity contribution is 7.92. The fraction of sp³-hybridized carbons (Fsp3) is 0.154. The third-order valence-electron chi connectivity index (χ3n) is 3.19. The van der Waals surface area contributed by atoms with Gasteiger partial charge in [0.15, 0.2) is 5.82 Å². The molecule has 2 N–H and O–H groups in total. The number of aromatic hydroxyl groups is 1. The number of methoxy groups -OCH3 is 1. The van der Waals surface area contributed by atoms with E-state index in [1.54, 1.807) is 4.72 Å². The Morgan fingerprint density at radius 3 is 2.86 bits per heavy atom. The number of anilines is 1. The van der Waals surface area contributed by atoms with Gasteiger partial charge in [-0.25, -0.2) is 13.4 Å². The molecule has 1 heterocycles. The van der Waals surface area contributed by atoms with Crippen molar-refractivity contribution in [3.05, 3.63) is 30.1 Å². The first-order valence-electron chi connectivity index (χ1n) is 7.45. The largest absolute Gasteiger partial charge is 0.506 e. The maximum Gasteiger partial charge on any atom is 0.326 e. The van der Waals surface area contributed by atoms with Crippen LogP contribution in [0.2, 0.25) is 0 Å². The molecule has 0 unspecified atom stereocenters. The van der Waals surface area contributed by atoms with Gasteiger partial charge in [-0.15, -0.1) is 0 Å². The van der Waals surface area contributed by atoms with Crippen LogP contribution in [0.1, 0.15) is 4.11 Å². The zero-order valence-corrected chi connectivity index (χ0v) is 11.6. The zero-order chi connectivity index (χ0) is 18.6. The van der Waals surface area contributed by atoms with Gasteiger partial charge in [-0.1, -0.05) is 6.07 Å². The number of nitrogens with zero attached hydrogens (tertiary/aromatic N) is 1. The van der Waals surface area contributed by atoms with Crippen molar-refractivity contribution in [2.45, 2.75) is 0 Å². The molecule has 2 aromatic carbocycles. The Morgan fingerprint density at radius 2 is 2.23 bits per heavy atom. The van der Waals surface area contributed by atoms with Crippen LogP contribution in [0, 0.1) is 5.82 Å². The number of phenolic OH excluding ortho intramolecular Hbond substituents is 1. The van der Waals surface area contributed by atoms with Crippen molar-refractivity contribution in [1.29, 1.82) is 0 Å². The molecule has 1 fully saturated rings. The predicted molar refractivity (Wildman–Crippen MR) is 76.5 cm³/mol. The van der Waals surface area contributed by atoms with Crippen LogP contribution in [0.15, 0.2) is 24.3 Å². The maximum absolute atomic E-state index is 14.9. The van der Waals surface area contributed by atoms with Crippen LogP contribution >= 0.6 is 0 Å². The lowest BCUT2D eigenvalue weighted by atomic mass is 10.1. The van der Waals surface area contributed by atoms with Gasteiger partial charge in [0.2, 0.25) is 0 Å². The lowest BCUT2D eigenvalue weighted by Crippen LogP contribution is -2.30. The van der Waals surface area contributed by atoms with Crippen molar-refractivity contribution in [2.75, 3.05) is 17.9 Å². The molecular weight excluding hydrogens is 315 g/mol. The Labute approximate surface area is 129 Å². The quantitative estimate of drug-likeness (QED) is 0.852. The van der Waals surface area contributed by atoms with Gasteiger partial charge in [-0.3, -0.25) is 4.79 Å². The third kappa shape index (κ3) is 2.10. The number of ether oxygens (including phenoxy) is 1. The third-order valence-corrected chi connectivity index (χ3v) is 4.57. The summed E-state index contributed by atoms with van der Waals surface area (Å²) in [6.07, 6.45) is 0. The molecule has 116 valence electrons. The molecule has 0 radical (unpaired) electrons. The van der Waals surface area contributed by atoms with E-state index in [2.05, 4.69) is 0 Å². The first-order valence-corrected chi connectivity index (χ1v) is 7.39. The Hall–Kier alpha value is -2.55. The number of carbonyl (C=O) groups is 1. The number of halogens is 1. The van der Waals surface area contributed by atoms with Gasteiger partial charge in [0.1, 0.15) is 23.7 Å². The van der Waals surface area contributed by atoms with Crippen LogP contribution in [-0.4, -0.2) is 33.0 Å². The minimum Gasteiger partial charge on any atom is -0.506 e. The van der Waals surface area contributed by atoms with Gasteiger partial charge in [0, 0.05) is 5.39 Å². The van der Waals surface area contributed by atoms with Crippen molar-refractivity contribution < 1.29 is 31.6 Å². The Bertz CT molecular complexity index is 993. The fourth-order valence-corrected chi connectivity index (χ4v) is 3.42. The van der Waals surface area contributed by atoms with E-state index in [1.165, 1.54) is 12.1 Å². The van der Waals surface area contributed by atoms with Crippen LogP contribution in [0.5, 0.6) is 11.5 Å². The Morgan fingerprint density at radius 1 is 1.45 bits per heavy atom. The Kier molecular flexibility index (Phi) is 2.38. The molecule has 7 nitrogen and oxygen atoms in total. The lowest BCUT2D eigenvalue weighted by molar-refractivity contribution is -0.117. The first kappa shape index (κ1) is 11.1. The summed E-state index contributed by atoms with van der Waals surface area (Å²) in [5.74, 6) is -2.86. The lowest BCUT2D eigenvalue weighted by Gasteiger charge is -2.18. The van der Waals surface area contributed by atoms with Gasteiger partial charge in [0.05, 0.1) is 11.2 Å². The van der Waals surface area contributed by atoms with Gasteiger partial charge in [-0.2, -0.15) is 8.42 Å². The molecule has 1 saturated heterocycles. The molecule has 22 heavy (non-hydrogen) atoms. The van der Waals surface area contributed by atoms with Crippen LogP contribution in [0.4, 0.5) is 10.1 Å². The van der Waals surface area contributed by atoms with Crippen molar-refractivity contribution in [2.24, 2.45) is 0 Å². The summed E-state index contributed by atoms with van der Waals surface area (Å²) < 4.78 is 66.6. The average molecular weight is 329 g/mol. The summed E-state index contributed by atoms with van der Waals surface area (Å²) >= 11 is 0. The van der Waals surface area contributed by atoms with Crippen molar-refractivity contribution in [3.63, 3.8) is 0 Å². The molecule has 0 bridgehead atoms. The second kappa shape index (κ2) is 4.73. The summed E-state index contributed by atoms with van der Waals surface area (Å²) in [6, 6.07) is 4.75. The van der Waals surface area contributed by atoms with E-state index in [0.29, 0.717) is 4.31 Å². The van der Waals surface area contributed by atoms with E-state index in [0.717, 1.165) is 12.1 Å². The number of rotatable bonds is 2. The number of fused-ring (bicyclic) bond motifs is 1. The predicted octanol–water partition coefficient (Wildman–Crippen LogP) is 0.874. The second-order valence-electron chi connectivity index (χ2n) is 4.58. The minimum atomic E-state index is -4.33. The van der Waals surface area contributed by atoms with E-state index in [1.807, 2.05) is 0 Å². The standard InChI is InChI=1S/C13H11FN2O5S/c1-21-8-3-2-7-4-10(17)13(12(14)9(7)5-8)16-6-11(18)15-22(16,19)20/h2-5,17H,6H2,1H3,(H,15,18)/i1D3. The number of hydrogen-bond acceptors (Lipinski definition) is 5. The summed E-state index contributed by atoms with van der Waals surface area (Å²) in [4.78, 5) is 11.3. The highest BCUT2D eigenvalue weighted by Crippen LogP contribution is 2.39. The van der Waals surface area contributed by atoms with E-state index >= 15 is 0 Å². The van der Waals surface area contributed by atoms with Crippen LogP contribution < -0.4 is 13.8 Å². The smallest absolute Gasteiger partial charge is 0.326 e. The van der Waals surface area contributed by atoms with Crippen molar-refractivity contribution in [3.8, 4) is 11.5 Å².